The maximum atomic E-state index is 12.5. The fourth-order valence-corrected chi connectivity index (χ4v) is 3.88. The van der Waals surface area contributed by atoms with Crippen molar-refractivity contribution in [3.05, 3.63) is 35.0 Å². The molecule has 0 N–H and O–H groups in total. The van der Waals surface area contributed by atoms with Gasteiger partial charge >= 0.3 is 0 Å². The van der Waals surface area contributed by atoms with Crippen LogP contribution in [-0.4, -0.2) is 34.9 Å². The monoisotopic (exact) mass is 312 g/mol. The third kappa shape index (κ3) is 3.07. The lowest BCUT2D eigenvalue weighted by Crippen LogP contribution is -2.25. The zero-order valence-electron chi connectivity index (χ0n) is 14.7. The molecule has 1 aliphatic carbocycles. The van der Waals surface area contributed by atoms with Crippen LogP contribution in [0.5, 0.6) is 0 Å². The predicted molar refractivity (Wildman–Crippen MR) is 96.3 cm³/mol. The molecule has 1 aromatic heterocycles. The highest BCUT2D eigenvalue weighted by molar-refractivity contribution is 6.00. The predicted octanol–water partition coefficient (Wildman–Crippen LogP) is 3.97. The molecule has 1 aliphatic rings. The maximum Gasteiger partial charge on any atom is 0.164 e. The van der Waals surface area contributed by atoms with Crippen molar-refractivity contribution < 1.29 is 4.79 Å². The van der Waals surface area contributed by atoms with Crippen LogP contribution in [-0.2, 0) is 19.9 Å². The van der Waals surface area contributed by atoms with E-state index in [1.54, 1.807) is 0 Å². The van der Waals surface area contributed by atoms with Crippen molar-refractivity contribution in [2.75, 3.05) is 19.6 Å². The minimum atomic E-state index is 0.262. The maximum absolute atomic E-state index is 12.5. The van der Waals surface area contributed by atoms with E-state index in [0.29, 0.717) is 6.42 Å². The molecule has 3 nitrogen and oxygen atoms in total. The van der Waals surface area contributed by atoms with Crippen molar-refractivity contribution >= 4 is 16.7 Å². The van der Waals surface area contributed by atoms with Gasteiger partial charge in [0.15, 0.2) is 5.78 Å². The Labute approximate surface area is 139 Å². The number of rotatable bonds is 6. The third-order valence-electron chi connectivity index (χ3n) is 5.40. The minimum Gasteiger partial charge on any atom is -0.347 e. The van der Waals surface area contributed by atoms with Gasteiger partial charge in [-0.3, -0.25) is 4.79 Å². The van der Waals surface area contributed by atoms with Gasteiger partial charge in [-0.05, 0) is 50.4 Å². The first-order chi connectivity index (χ1) is 11.2. The lowest BCUT2D eigenvalue weighted by molar-refractivity contribution is 0.0966. The number of Topliss-reactive ketones (excluding diaryl/α,β-unsaturated/α-hetero) is 1. The summed E-state index contributed by atoms with van der Waals surface area (Å²) < 4.78 is 2.31. The number of carbonyl (C=O) groups is 1. The van der Waals surface area contributed by atoms with Crippen molar-refractivity contribution in [1.29, 1.82) is 0 Å². The van der Waals surface area contributed by atoms with Gasteiger partial charge in [0.05, 0.1) is 0 Å². The number of hydrogen-bond donors (Lipinski definition) is 0. The molecule has 0 saturated heterocycles. The molecule has 0 atom stereocenters. The molecule has 0 bridgehead atoms. The molecule has 0 aliphatic heterocycles. The van der Waals surface area contributed by atoms with E-state index >= 15 is 0 Å². The van der Waals surface area contributed by atoms with Gasteiger partial charge in [-0.1, -0.05) is 26.0 Å². The topological polar surface area (TPSA) is 25.2 Å². The van der Waals surface area contributed by atoms with E-state index in [1.165, 1.54) is 47.8 Å². The summed E-state index contributed by atoms with van der Waals surface area (Å²) in [6, 6.07) is 6.31. The number of aryl methyl sites for hydroxylation is 2. The van der Waals surface area contributed by atoms with Crippen LogP contribution in [0.2, 0.25) is 0 Å². The van der Waals surface area contributed by atoms with Crippen molar-refractivity contribution in [2.45, 2.75) is 46.0 Å². The zero-order chi connectivity index (χ0) is 16.4. The standard InChI is InChI=1S/C20H28N2O/c1-4-22(5-2)13-12-20(23)15-10-11-17-16-8-6-7-9-18(16)21(3)19(17)14-15/h10-11,14H,4-9,12-13H2,1-3H3. The summed E-state index contributed by atoms with van der Waals surface area (Å²) in [6.07, 6.45) is 5.54. The van der Waals surface area contributed by atoms with Crippen LogP contribution in [0.25, 0.3) is 10.9 Å². The minimum absolute atomic E-state index is 0.262. The van der Waals surface area contributed by atoms with Crippen molar-refractivity contribution in [2.24, 2.45) is 7.05 Å². The van der Waals surface area contributed by atoms with Crippen LogP contribution in [0.4, 0.5) is 0 Å². The molecular formula is C20H28N2O. The second-order valence-electron chi connectivity index (χ2n) is 6.62. The summed E-state index contributed by atoms with van der Waals surface area (Å²) in [5.74, 6) is 0.262. The highest BCUT2D eigenvalue weighted by Gasteiger charge is 2.19. The molecule has 0 saturated carbocycles. The first-order valence-corrected chi connectivity index (χ1v) is 9.01. The molecule has 0 amide bonds. The van der Waals surface area contributed by atoms with Crippen LogP contribution < -0.4 is 0 Å². The van der Waals surface area contributed by atoms with E-state index in [-0.39, 0.29) is 5.78 Å². The van der Waals surface area contributed by atoms with Gasteiger partial charge in [0.25, 0.3) is 0 Å². The molecule has 2 aromatic rings. The molecule has 3 heteroatoms. The number of aromatic nitrogens is 1. The van der Waals surface area contributed by atoms with E-state index in [4.69, 9.17) is 0 Å². The average Bonchev–Trinajstić information content (AvgIpc) is 2.88. The van der Waals surface area contributed by atoms with E-state index in [2.05, 4.69) is 42.5 Å². The first kappa shape index (κ1) is 16.3. The molecule has 23 heavy (non-hydrogen) atoms. The molecule has 1 aromatic carbocycles. The van der Waals surface area contributed by atoms with E-state index in [9.17, 15) is 4.79 Å². The molecule has 1 heterocycles. The van der Waals surface area contributed by atoms with Gasteiger partial charge in [-0.25, -0.2) is 0 Å². The SMILES string of the molecule is CCN(CC)CCC(=O)c1ccc2c3c(n(C)c2c1)CCCC3. The Bertz CT molecular complexity index is 710. The Balaban J connectivity index is 1.85. The van der Waals surface area contributed by atoms with Gasteiger partial charge in [-0.15, -0.1) is 0 Å². The zero-order valence-corrected chi connectivity index (χ0v) is 14.7. The number of nitrogens with zero attached hydrogens (tertiary/aromatic N) is 2. The van der Waals surface area contributed by atoms with Crippen LogP contribution in [0.1, 0.15) is 54.7 Å². The normalized spacial score (nSPS) is 14.4. The van der Waals surface area contributed by atoms with Crippen LogP contribution in [0.3, 0.4) is 0 Å². The number of carbonyl (C=O) groups excluding carboxylic acids is 1. The molecular weight excluding hydrogens is 284 g/mol. The van der Waals surface area contributed by atoms with Gasteiger partial charge < -0.3 is 9.47 Å². The van der Waals surface area contributed by atoms with Crippen LogP contribution in [0.15, 0.2) is 18.2 Å². The number of benzene rings is 1. The second kappa shape index (κ2) is 6.88. The Hall–Kier alpha value is -1.61. The smallest absolute Gasteiger partial charge is 0.164 e. The van der Waals surface area contributed by atoms with Crippen molar-refractivity contribution in [1.82, 2.24) is 9.47 Å². The Morgan fingerprint density at radius 2 is 1.91 bits per heavy atom. The molecule has 124 valence electrons. The number of fused-ring (bicyclic) bond motifs is 3. The highest BCUT2D eigenvalue weighted by atomic mass is 16.1. The summed E-state index contributed by atoms with van der Waals surface area (Å²) in [5.41, 5.74) is 5.07. The van der Waals surface area contributed by atoms with Gasteiger partial charge in [0.2, 0.25) is 0 Å². The quantitative estimate of drug-likeness (QED) is 0.754. The summed E-state index contributed by atoms with van der Waals surface area (Å²) in [4.78, 5) is 14.8. The van der Waals surface area contributed by atoms with Crippen LogP contribution >= 0.6 is 0 Å². The Morgan fingerprint density at radius 1 is 1.17 bits per heavy atom. The largest absolute Gasteiger partial charge is 0.347 e. The average molecular weight is 312 g/mol. The molecule has 0 spiro atoms. The van der Waals surface area contributed by atoms with E-state index in [1.807, 2.05) is 6.07 Å². The van der Waals surface area contributed by atoms with Crippen LogP contribution in [0, 0.1) is 0 Å². The second-order valence-corrected chi connectivity index (χ2v) is 6.62. The lowest BCUT2D eigenvalue weighted by atomic mass is 9.95. The van der Waals surface area contributed by atoms with E-state index in [0.717, 1.165) is 25.2 Å². The number of hydrogen-bond acceptors (Lipinski definition) is 2. The van der Waals surface area contributed by atoms with Gasteiger partial charge in [0.1, 0.15) is 0 Å². The number of ketones is 1. The fraction of sp³-hybridized carbons (Fsp3) is 0.550. The lowest BCUT2D eigenvalue weighted by Gasteiger charge is -2.17. The van der Waals surface area contributed by atoms with E-state index < -0.39 is 0 Å². The van der Waals surface area contributed by atoms with Crippen molar-refractivity contribution in [3.63, 3.8) is 0 Å². The third-order valence-corrected chi connectivity index (χ3v) is 5.40. The molecule has 0 fully saturated rings. The summed E-state index contributed by atoms with van der Waals surface area (Å²) in [5, 5.41) is 1.35. The molecule has 0 unspecified atom stereocenters. The highest BCUT2D eigenvalue weighted by Crippen LogP contribution is 2.32. The van der Waals surface area contributed by atoms with Gasteiger partial charge in [-0.2, -0.15) is 0 Å². The summed E-state index contributed by atoms with van der Waals surface area (Å²) in [7, 11) is 2.15. The first-order valence-electron chi connectivity index (χ1n) is 9.01. The summed E-state index contributed by atoms with van der Waals surface area (Å²) >= 11 is 0. The fourth-order valence-electron chi connectivity index (χ4n) is 3.88. The Kier molecular flexibility index (Phi) is 4.86. The molecule has 3 rings (SSSR count). The molecule has 0 radical (unpaired) electrons. The summed E-state index contributed by atoms with van der Waals surface area (Å²) in [6.45, 7) is 7.16. The van der Waals surface area contributed by atoms with Gasteiger partial charge in [0, 0.05) is 42.2 Å². The Morgan fingerprint density at radius 3 is 2.65 bits per heavy atom. The van der Waals surface area contributed by atoms with Crippen molar-refractivity contribution in [3.8, 4) is 0 Å².